The normalized spacial score (nSPS) is 21.0. The second kappa shape index (κ2) is 9.71. The lowest BCUT2D eigenvalue weighted by atomic mass is 9.90. The first kappa shape index (κ1) is 23.1. The summed E-state index contributed by atoms with van der Waals surface area (Å²) < 4.78 is 25.1. The van der Waals surface area contributed by atoms with Crippen molar-refractivity contribution in [3.63, 3.8) is 0 Å². The van der Waals surface area contributed by atoms with E-state index >= 15 is 0 Å². The number of nitrogens with zero attached hydrogens (tertiary/aromatic N) is 2. The Morgan fingerprint density at radius 1 is 1.13 bits per heavy atom. The third-order valence-corrected chi connectivity index (χ3v) is 5.73. The maximum Gasteiger partial charge on any atom is 0.410 e. The molecule has 6 nitrogen and oxygen atoms in total. The van der Waals surface area contributed by atoms with Crippen LogP contribution >= 0.6 is 0 Å². The third kappa shape index (κ3) is 5.77. The Balaban J connectivity index is 1.87. The van der Waals surface area contributed by atoms with Crippen molar-refractivity contribution < 1.29 is 23.5 Å². The number of carbonyl (C=O) groups is 2. The summed E-state index contributed by atoms with van der Waals surface area (Å²) in [6, 6.07) is 5.38. The lowest BCUT2D eigenvalue weighted by molar-refractivity contribution is -0.140. The van der Waals surface area contributed by atoms with Crippen LogP contribution in [-0.4, -0.2) is 59.2 Å². The molecule has 0 radical (unpaired) electrons. The van der Waals surface area contributed by atoms with Gasteiger partial charge in [0.15, 0.2) is 6.10 Å². The minimum absolute atomic E-state index is 0.122. The van der Waals surface area contributed by atoms with Crippen molar-refractivity contribution in [3.05, 3.63) is 42.7 Å². The largest absolute Gasteiger partial charge is 0.480 e. The summed E-state index contributed by atoms with van der Waals surface area (Å²) in [5.74, 6) is -0.509. The van der Waals surface area contributed by atoms with Gasteiger partial charge in [-0.15, -0.1) is 6.58 Å². The molecule has 2 aliphatic heterocycles. The zero-order chi connectivity index (χ0) is 22.6. The Morgan fingerprint density at radius 2 is 1.77 bits per heavy atom. The summed E-state index contributed by atoms with van der Waals surface area (Å²) >= 11 is 0. The second-order valence-electron chi connectivity index (χ2n) is 9.22. The Labute approximate surface area is 184 Å². The summed E-state index contributed by atoms with van der Waals surface area (Å²) in [6.45, 7) is 11.4. The van der Waals surface area contributed by atoms with E-state index in [1.54, 1.807) is 15.9 Å². The van der Waals surface area contributed by atoms with E-state index in [1.807, 2.05) is 20.8 Å². The van der Waals surface area contributed by atoms with Crippen LogP contribution in [0.5, 0.6) is 5.75 Å². The van der Waals surface area contributed by atoms with Crippen LogP contribution in [0, 0.1) is 11.7 Å². The Morgan fingerprint density at radius 3 is 2.35 bits per heavy atom. The van der Waals surface area contributed by atoms with E-state index in [-0.39, 0.29) is 17.8 Å². The van der Waals surface area contributed by atoms with Gasteiger partial charge in [-0.1, -0.05) is 6.08 Å². The average molecular weight is 433 g/mol. The minimum Gasteiger partial charge on any atom is -0.480 e. The van der Waals surface area contributed by atoms with E-state index in [4.69, 9.17) is 9.47 Å². The molecule has 170 valence electrons. The molecule has 0 spiro atoms. The molecule has 2 aliphatic rings. The van der Waals surface area contributed by atoms with Gasteiger partial charge in [0.2, 0.25) is 0 Å². The standard InChI is InChI=1S/C24H33FN2O4/c1-5-19(20-9-8-16-27(20)23(29)31-24(2,3)4)21(22(28)26-14-6-7-15-26)30-18-12-10-17(25)11-13-18/h5,10-13,19-21H,1,6-9,14-16H2,2-4H3/t19-,20+,21-/m1/s1. The highest BCUT2D eigenvalue weighted by atomic mass is 19.1. The van der Waals surface area contributed by atoms with E-state index in [2.05, 4.69) is 6.58 Å². The van der Waals surface area contributed by atoms with E-state index in [9.17, 15) is 14.0 Å². The maximum absolute atomic E-state index is 13.4. The first-order valence-corrected chi connectivity index (χ1v) is 11.0. The average Bonchev–Trinajstić information content (AvgIpc) is 3.40. The molecular formula is C24H33FN2O4. The second-order valence-corrected chi connectivity index (χ2v) is 9.22. The molecule has 3 rings (SSSR count). The van der Waals surface area contributed by atoms with Crippen LogP contribution in [0.1, 0.15) is 46.5 Å². The summed E-state index contributed by atoms with van der Waals surface area (Å²) in [4.78, 5) is 29.7. The van der Waals surface area contributed by atoms with Crippen LogP contribution in [-0.2, 0) is 9.53 Å². The smallest absolute Gasteiger partial charge is 0.410 e. The van der Waals surface area contributed by atoms with E-state index in [1.165, 1.54) is 24.3 Å². The number of halogens is 1. The summed E-state index contributed by atoms with van der Waals surface area (Å²) in [6.07, 6.45) is 3.92. The topological polar surface area (TPSA) is 59.1 Å². The fourth-order valence-electron chi connectivity index (χ4n) is 4.29. The molecule has 0 N–H and O–H groups in total. The van der Waals surface area contributed by atoms with Gasteiger partial charge in [0.25, 0.3) is 5.91 Å². The van der Waals surface area contributed by atoms with Gasteiger partial charge in [0.1, 0.15) is 17.2 Å². The number of carbonyl (C=O) groups excluding carboxylic acids is 2. The molecule has 1 aromatic carbocycles. The Hall–Kier alpha value is -2.57. The van der Waals surface area contributed by atoms with Gasteiger partial charge < -0.3 is 19.3 Å². The molecule has 2 heterocycles. The third-order valence-electron chi connectivity index (χ3n) is 5.73. The van der Waals surface area contributed by atoms with Crippen molar-refractivity contribution in [2.45, 2.75) is 64.2 Å². The number of amides is 2. The van der Waals surface area contributed by atoms with Crippen LogP contribution in [0.4, 0.5) is 9.18 Å². The highest BCUT2D eigenvalue weighted by Crippen LogP contribution is 2.32. The fraction of sp³-hybridized carbons (Fsp3) is 0.583. The van der Waals surface area contributed by atoms with Crippen LogP contribution < -0.4 is 4.74 Å². The number of ether oxygens (including phenoxy) is 2. The van der Waals surface area contributed by atoms with Crippen molar-refractivity contribution in [1.82, 2.24) is 9.80 Å². The number of benzene rings is 1. The lowest BCUT2D eigenvalue weighted by Gasteiger charge is -2.36. The monoisotopic (exact) mass is 432 g/mol. The van der Waals surface area contributed by atoms with Gasteiger partial charge in [-0.2, -0.15) is 0 Å². The fourth-order valence-corrected chi connectivity index (χ4v) is 4.29. The van der Waals surface area contributed by atoms with Gasteiger partial charge in [0.05, 0.1) is 0 Å². The summed E-state index contributed by atoms with van der Waals surface area (Å²) in [5, 5.41) is 0. The van der Waals surface area contributed by atoms with Gasteiger partial charge in [-0.25, -0.2) is 9.18 Å². The highest BCUT2D eigenvalue weighted by Gasteiger charge is 2.43. The molecule has 0 bridgehead atoms. The van der Waals surface area contributed by atoms with Gasteiger partial charge >= 0.3 is 6.09 Å². The maximum atomic E-state index is 13.4. The molecule has 3 atom stereocenters. The molecule has 0 aliphatic carbocycles. The van der Waals surface area contributed by atoms with Crippen molar-refractivity contribution in [1.29, 1.82) is 0 Å². The minimum atomic E-state index is -0.853. The predicted octanol–water partition coefficient (Wildman–Crippen LogP) is 4.40. The number of hydrogen-bond acceptors (Lipinski definition) is 4. The van der Waals surface area contributed by atoms with Crippen LogP contribution in [0.15, 0.2) is 36.9 Å². The van der Waals surface area contributed by atoms with Gasteiger partial charge in [-0.3, -0.25) is 4.79 Å². The molecule has 7 heteroatoms. The molecule has 0 aromatic heterocycles. The van der Waals surface area contributed by atoms with Crippen molar-refractivity contribution in [2.75, 3.05) is 19.6 Å². The Kier molecular flexibility index (Phi) is 7.23. The quantitative estimate of drug-likeness (QED) is 0.626. The van der Waals surface area contributed by atoms with Crippen molar-refractivity contribution >= 4 is 12.0 Å². The first-order chi connectivity index (χ1) is 14.7. The van der Waals surface area contributed by atoms with Crippen LogP contribution in [0.2, 0.25) is 0 Å². The van der Waals surface area contributed by atoms with E-state index in [0.717, 1.165) is 25.7 Å². The molecule has 2 amide bonds. The number of hydrogen-bond donors (Lipinski definition) is 0. The lowest BCUT2D eigenvalue weighted by Crippen LogP contribution is -2.52. The van der Waals surface area contributed by atoms with Gasteiger partial charge in [0, 0.05) is 31.6 Å². The first-order valence-electron chi connectivity index (χ1n) is 11.0. The molecule has 0 unspecified atom stereocenters. The molecule has 31 heavy (non-hydrogen) atoms. The van der Waals surface area contributed by atoms with Crippen molar-refractivity contribution in [2.24, 2.45) is 5.92 Å². The molecule has 2 fully saturated rings. The highest BCUT2D eigenvalue weighted by molar-refractivity contribution is 5.82. The predicted molar refractivity (Wildman–Crippen MR) is 116 cm³/mol. The van der Waals surface area contributed by atoms with E-state index in [0.29, 0.717) is 25.4 Å². The zero-order valence-electron chi connectivity index (χ0n) is 18.7. The van der Waals surface area contributed by atoms with Crippen LogP contribution in [0.25, 0.3) is 0 Å². The molecule has 2 saturated heterocycles. The number of rotatable bonds is 6. The summed E-state index contributed by atoms with van der Waals surface area (Å²) in [5.41, 5.74) is -0.608. The van der Waals surface area contributed by atoms with E-state index < -0.39 is 23.7 Å². The molecular weight excluding hydrogens is 399 g/mol. The Bertz CT molecular complexity index is 784. The van der Waals surface area contributed by atoms with Crippen LogP contribution in [0.3, 0.4) is 0 Å². The zero-order valence-corrected chi connectivity index (χ0v) is 18.7. The molecule has 0 saturated carbocycles. The van der Waals surface area contributed by atoms with Gasteiger partial charge in [-0.05, 0) is 70.7 Å². The van der Waals surface area contributed by atoms with Crippen molar-refractivity contribution in [3.8, 4) is 5.75 Å². The number of likely N-dealkylation sites (tertiary alicyclic amines) is 2. The summed E-state index contributed by atoms with van der Waals surface area (Å²) in [7, 11) is 0. The SMILES string of the molecule is C=C[C@@H]([C@@H](Oc1ccc(F)cc1)C(=O)N1CCCC1)[C@@H]1CCCN1C(=O)OC(C)(C)C. The molecule has 1 aromatic rings.